The number of ether oxygens (including phenoxy) is 1. The minimum Gasteiger partial charge on any atom is -0.496 e. The molecule has 0 unspecified atom stereocenters. The summed E-state index contributed by atoms with van der Waals surface area (Å²) in [6, 6.07) is 4.88. The molecule has 0 saturated carbocycles. The second-order valence-corrected chi connectivity index (χ2v) is 3.55. The van der Waals surface area contributed by atoms with Crippen LogP contribution in [0, 0.1) is 0 Å². The van der Waals surface area contributed by atoms with Gasteiger partial charge in [0.1, 0.15) is 5.75 Å². The Balaban J connectivity index is 2.47. The molecule has 0 amide bonds. The largest absolute Gasteiger partial charge is 0.496 e. The van der Waals surface area contributed by atoms with Crippen LogP contribution in [0.5, 0.6) is 5.75 Å². The van der Waals surface area contributed by atoms with Crippen molar-refractivity contribution in [3.8, 4) is 5.75 Å². The van der Waals surface area contributed by atoms with Gasteiger partial charge in [0.25, 0.3) is 0 Å². The Labute approximate surface area is 97.2 Å². The molecule has 0 aliphatic rings. The molecule has 5 heteroatoms. The normalized spacial score (nSPS) is 10.1. The average Bonchev–Trinajstić information content (AvgIpc) is 2.81. The van der Waals surface area contributed by atoms with Gasteiger partial charge >= 0.3 is 0 Å². The van der Waals surface area contributed by atoms with Crippen LogP contribution < -0.4 is 4.74 Å². The number of halogens is 1. The summed E-state index contributed by atoms with van der Waals surface area (Å²) in [6.45, 7) is 0. The highest BCUT2D eigenvalue weighted by atomic mass is 35.5. The number of nitrogens with one attached hydrogen (secondary N) is 1. The molecule has 4 nitrogen and oxygen atoms in total. The minimum absolute atomic E-state index is 0.246. The number of aromatic nitrogens is 2. The van der Waals surface area contributed by atoms with Gasteiger partial charge in [-0.3, -0.25) is 4.79 Å². The summed E-state index contributed by atoms with van der Waals surface area (Å²) in [5, 5.41) is 0.482. The van der Waals surface area contributed by atoms with Gasteiger partial charge in [-0.15, -0.1) is 0 Å². The molecule has 1 heterocycles. The fraction of sp³-hybridized carbons (Fsp3) is 0.0909. The lowest BCUT2D eigenvalue weighted by atomic mass is 10.1. The van der Waals surface area contributed by atoms with E-state index in [2.05, 4.69) is 9.97 Å². The van der Waals surface area contributed by atoms with Gasteiger partial charge in [-0.25, -0.2) is 4.98 Å². The molecule has 0 fully saturated rings. The third-order valence-corrected chi connectivity index (χ3v) is 2.35. The molecule has 2 aromatic rings. The van der Waals surface area contributed by atoms with Crippen molar-refractivity contribution >= 4 is 17.4 Å². The van der Waals surface area contributed by atoms with Crippen LogP contribution in [-0.2, 0) is 0 Å². The molecule has 82 valence electrons. The smallest absolute Gasteiger partial charge is 0.232 e. The van der Waals surface area contributed by atoms with E-state index in [1.165, 1.54) is 13.3 Å². The average molecular weight is 237 g/mol. The maximum absolute atomic E-state index is 12.0. The van der Waals surface area contributed by atoms with Crippen molar-refractivity contribution < 1.29 is 9.53 Å². The van der Waals surface area contributed by atoms with Gasteiger partial charge < -0.3 is 9.72 Å². The third kappa shape index (κ3) is 1.92. The van der Waals surface area contributed by atoms with E-state index < -0.39 is 0 Å². The Morgan fingerprint density at radius 3 is 2.94 bits per heavy atom. The van der Waals surface area contributed by atoms with Crippen LogP contribution in [0.1, 0.15) is 16.2 Å². The van der Waals surface area contributed by atoms with E-state index in [0.29, 0.717) is 16.3 Å². The Bertz CT molecular complexity index is 509. The summed E-state index contributed by atoms with van der Waals surface area (Å²) in [5.74, 6) is 0.496. The second-order valence-electron chi connectivity index (χ2n) is 3.11. The van der Waals surface area contributed by atoms with Crippen LogP contribution in [0.3, 0.4) is 0 Å². The fourth-order valence-electron chi connectivity index (χ4n) is 1.37. The Kier molecular flexibility index (Phi) is 2.92. The number of methoxy groups -OCH3 is 1. The van der Waals surface area contributed by atoms with Gasteiger partial charge in [-0.05, 0) is 18.2 Å². The number of hydrogen-bond acceptors (Lipinski definition) is 3. The number of hydrogen-bond donors (Lipinski definition) is 1. The lowest BCUT2D eigenvalue weighted by Crippen LogP contribution is -2.05. The first-order chi connectivity index (χ1) is 7.72. The molecule has 0 aliphatic carbocycles. The van der Waals surface area contributed by atoms with Gasteiger partial charge in [0.05, 0.1) is 12.7 Å². The molecule has 0 spiro atoms. The molecule has 1 aromatic heterocycles. The van der Waals surface area contributed by atoms with E-state index >= 15 is 0 Å². The summed E-state index contributed by atoms with van der Waals surface area (Å²) in [7, 11) is 1.50. The Morgan fingerprint density at radius 1 is 1.50 bits per heavy atom. The van der Waals surface area contributed by atoms with Crippen molar-refractivity contribution in [3.63, 3.8) is 0 Å². The number of carbonyl (C=O) groups is 1. The zero-order valence-electron chi connectivity index (χ0n) is 8.53. The molecule has 0 bridgehead atoms. The van der Waals surface area contributed by atoms with E-state index in [-0.39, 0.29) is 11.6 Å². The summed E-state index contributed by atoms with van der Waals surface area (Å²) in [6.07, 6.45) is 3.11. The van der Waals surface area contributed by atoms with Gasteiger partial charge in [-0.1, -0.05) is 11.6 Å². The molecule has 2 rings (SSSR count). The predicted octanol–water partition coefficient (Wildman–Crippen LogP) is 2.30. The van der Waals surface area contributed by atoms with E-state index in [9.17, 15) is 4.79 Å². The van der Waals surface area contributed by atoms with E-state index in [1.54, 1.807) is 24.4 Å². The van der Waals surface area contributed by atoms with Crippen LogP contribution in [0.25, 0.3) is 0 Å². The van der Waals surface area contributed by atoms with Gasteiger partial charge in [0.2, 0.25) is 5.78 Å². The summed E-state index contributed by atoms with van der Waals surface area (Å²) in [5.41, 5.74) is 0.393. The summed E-state index contributed by atoms with van der Waals surface area (Å²) < 4.78 is 5.10. The number of benzene rings is 1. The highest BCUT2D eigenvalue weighted by molar-refractivity contribution is 6.31. The molecule has 0 atom stereocenters. The number of carbonyl (C=O) groups excluding carboxylic acids is 1. The molecular formula is C11H9ClN2O2. The first-order valence-electron chi connectivity index (χ1n) is 4.60. The number of nitrogens with zero attached hydrogens (tertiary/aromatic N) is 1. The van der Waals surface area contributed by atoms with E-state index in [1.807, 2.05) is 0 Å². The van der Waals surface area contributed by atoms with E-state index in [4.69, 9.17) is 16.3 Å². The number of rotatable bonds is 3. The van der Waals surface area contributed by atoms with Gasteiger partial charge in [0.15, 0.2) is 5.82 Å². The van der Waals surface area contributed by atoms with Crippen molar-refractivity contribution in [1.29, 1.82) is 0 Å². The number of aromatic amines is 1. The van der Waals surface area contributed by atoms with Crippen molar-refractivity contribution in [3.05, 3.63) is 47.0 Å². The molecule has 0 radical (unpaired) electrons. The minimum atomic E-state index is -0.246. The molecule has 16 heavy (non-hydrogen) atoms. The molecular weight excluding hydrogens is 228 g/mol. The lowest BCUT2D eigenvalue weighted by molar-refractivity contribution is 0.102. The Morgan fingerprint density at radius 2 is 2.31 bits per heavy atom. The predicted molar refractivity (Wildman–Crippen MR) is 60.0 cm³/mol. The van der Waals surface area contributed by atoms with Crippen LogP contribution in [0.4, 0.5) is 0 Å². The molecule has 0 saturated heterocycles. The maximum atomic E-state index is 12.0. The fourth-order valence-corrected chi connectivity index (χ4v) is 1.55. The SMILES string of the molecule is COc1ccc(Cl)cc1C(=O)c1ncc[nH]1. The quantitative estimate of drug-likeness (QED) is 0.832. The van der Waals surface area contributed by atoms with Crippen LogP contribution in [0.15, 0.2) is 30.6 Å². The highest BCUT2D eigenvalue weighted by Gasteiger charge is 2.16. The number of imidazole rings is 1. The lowest BCUT2D eigenvalue weighted by Gasteiger charge is -2.06. The third-order valence-electron chi connectivity index (χ3n) is 2.12. The standard InChI is InChI=1S/C11H9ClN2O2/c1-16-9-3-2-7(12)6-8(9)10(15)11-13-4-5-14-11/h2-6H,1H3,(H,13,14). The molecule has 1 N–H and O–H groups in total. The molecule has 0 aliphatic heterocycles. The Hall–Kier alpha value is -1.81. The monoisotopic (exact) mass is 236 g/mol. The summed E-state index contributed by atoms with van der Waals surface area (Å²) in [4.78, 5) is 18.6. The van der Waals surface area contributed by atoms with Crippen molar-refractivity contribution in [2.75, 3.05) is 7.11 Å². The van der Waals surface area contributed by atoms with Crippen LogP contribution in [0.2, 0.25) is 5.02 Å². The van der Waals surface area contributed by atoms with Crippen molar-refractivity contribution in [1.82, 2.24) is 9.97 Å². The van der Waals surface area contributed by atoms with Crippen LogP contribution >= 0.6 is 11.6 Å². The van der Waals surface area contributed by atoms with Crippen molar-refractivity contribution in [2.24, 2.45) is 0 Å². The van der Waals surface area contributed by atoms with Crippen molar-refractivity contribution in [2.45, 2.75) is 0 Å². The first-order valence-corrected chi connectivity index (χ1v) is 4.98. The summed E-state index contributed by atoms with van der Waals surface area (Å²) >= 11 is 5.84. The van der Waals surface area contributed by atoms with Crippen LogP contribution in [-0.4, -0.2) is 22.9 Å². The maximum Gasteiger partial charge on any atom is 0.232 e. The topological polar surface area (TPSA) is 55.0 Å². The zero-order chi connectivity index (χ0) is 11.5. The van der Waals surface area contributed by atoms with Gasteiger partial charge in [-0.2, -0.15) is 0 Å². The number of ketones is 1. The first kappa shape index (κ1) is 10.7. The molecule has 1 aromatic carbocycles. The van der Waals surface area contributed by atoms with E-state index in [0.717, 1.165) is 0 Å². The van der Waals surface area contributed by atoms with Gasteiger partial charge in [0, 0.05) is 17.4 Å². The highest BCUT2D eigenvalue weighted by Crippen LogP contribution is 2.24. The number of H-pyrrole nitrogens is 1. The zero-order valence-corrected chi connectivity index (χ0v) is 9.28. The second kappa shape index (κ2) is 4.37.